The molecule has 0 saturated heterocycles. The second-order valence-corrected chi connectivity index (χ2v) is 4.82. The second-order valence-electron chi connectivity index (χ2n) is 4.82. The number of hydrogen-bond acceptors (Lipinski definition) is 0. The van der Waals surface area contributed by atoms with Gasteiger partial charge in [0.05, 0.1) is 0 Å². The number of allylic oxidation sites excluding steroid dienone is 2. The summed E-state index contributed by atoms with van der Waals surface area (Å²) in [5, 5.41) is 0. The van der Waals surface area contributed by atoms with Gasteiger partial charge in [0, 0.05) is 0 Å². The van der Waals surface area contributed by atoms with Crippen LogP contribution in [0.3, 0.4) is 0 Å². The third kappa shape index (κ3) is 2.04. The quantitative estimate of drug-likeness (QED) is 0.683. The van der Waals surface area contributed by atoms with Crippen LogP contribution in [0.4, 0.5) is 4.39 Å². The average molecular weight is 218 g/mol. The predicted octanol–water partition coefficient (Wildman–Crippen LogP) is 4.81. The fourth-order valence-corrected chi connectivity index (χ4v) is 2.56. The first-order chi connectivity index (χ1) is 7.69. The summed E-state index contributed by atoms with van der Waals surface area (Å²) in [5.74, 6) is -0.153. The van der Waals surface area contributed by atoms with Gasteiger partial charge >= 0.3 is 0 Å². The highest BCUT2D eigenvalue weighted by molar-refractivity contribution is 5.68. The van der Waals surface area contributed by atoms with E-state index in [1.807, 2.05) is 12.1 Å². The Morgan fingerprint density at radius 1 is 1.12 bits per heavy atom. The van der Waals surface area contributed by atoms with E-state index < -0.39 is 0 Å². The van der Waals surface area contributed by atoms with Crippen molar-refractivity contribution in [3.63, 3.8) is 0 Å². The average Bonchev–Trinajstić information content (AvgIpc) is 2.75. The van der Waals surface area contributed by atoms with Crippen molar-refractivity contribution in [3.05, 3.63) is 41.7 Å². The molecular weight excluding hydrogens is 199 g/mol. The van der Waals surface area contributed by atoms with Crippen LogP contribution in [-0.4, -0.2) is 0 Å². The Kier molecular flexibility index (Phi) is 3.13. The predicted molar refractivity (Wildman–Crippen MR) is 66.6 cm³/mol. The lowest BCUT2D eigenvalue weighted by Gasteiger charge is -2.26. The minimum Gasteiger partial charge on any atom is -0.207 e. The molecule has 0 aliphatic heterocycles. The van der Waals surface area contributed by atoms with E-state index in [1.54, 1.807) is 12.1 Å². The third-order valence-corrected chi connectivity index (χ3v) is 4.06. The van der Waals surface area contributed by atoms with Gasteiger partial charge in [-0.05, 0) is 54.4 Å². The Bertz CT molecular complexity index is 382. The lowest BCUT2D eigenvalue weighted by Crippen LogP contribution is -2.14. The Labute approximate surface area is 97.2 Å². The van der Waals surface area contributed by atoms with Gasteiger partial charge in [-0.25, -0.2) is 4.39 Å². The summed E-state index contributed by atoms with van der Waals surface area (Å²) in [6.07, 6.45) is 7.11. The van der Waals surface area contributed by atoms with Gasteiger partial charge in [0.25, 0.3) is 0 Å². The summed E-state index contributed by atoms with van der Waals surface area (Å²) in [5.41, 5.74) is 3.04. The van der Waals surface area contributed by atoms with Gasteiger partial charge in [-0.3, -0.25) is 0 Å². The second kappa shape index (κ2) is 4.40. The molecule has 0 spiro atoms. The summed E-state index contributed by atoms with van der Waals surface area (Å²) >= 11 is 0. The smallest absolute Gasteiger partial charge is 0.123 e. The lowest BCUT2D eigenvalue weighted by molar-refractivity contribution is 0.288. The fraction of sp³-hybridized carbons (Fsp3) is 0.467. The lowest BCUT2D eigenvalue weighted by atomic mass is 9.79. The topological polar surface area (TPSA) is 0 Å². The monoisotopic (exact) mass is 218 g/mol. The van der Waals surface area contributed by atoms with Gasteiger partial charge in [-0.1, -0.05) is 32.1 Å². The molecule has 0 aromatic heterocycles. The van der Waals surface area contributed by atoms with Gasteiger partial charge in [0.1, 0.15) is 5.82 Å². The largest absolute Gasteiger partial charge is 0.207 e. The molecule has 86 valence electrons. The first-order valence-electron chi connectivity index (χ1n) is 6.14. The van der Waals surface area contributed by atoms with Gasteiger partial charge < -0.3 is 0 Å². The minimum atomic E-state index is -0.153. The summed E-state index contributed by atoms with van der Waals surface area (Å²) in [4.78, 5) is 0. The van der Waals surface area contributed by atoms with Gasteiger partial charge in [-0.15, -0.1) is 0 Å². The third-order valence-electron chi connectivity index (χ3n) is 4.06. The highest BCUT2D eigenvalue weighted by Gasteiger charge is 2.31. The molecule has 0 heterocycles. The van der Waals surface area contributed by atoms with Crippen LogP contribution in [0.5, 0.6) is 0 Å². The maximum atomic E-state index is 12.8. The molecule has 0 atom stereocenters. The van der Waals surface area contributed by atoms with Crippen molar-refractivity contribution >= 4 is 5.57 Å². The molecule has 1 heteroatoms. The first kappa shape index (κ1) is 11.4. The van der Waals surface area contributed by atoms with E-state index in [2.05, 4.69) is 19.9 Å². The van der Waals surface area contributed by atoms with Crippen molar-refractivity contribution in [3.8, 4) is 0 Å². The molecule has 0 bridgehead atoms. The summed E-state index contributed by atoms with van der Waals surface area (Å²) in [6, 6.07) is 6.88. The molecule has 1 aromatic carbocycles. The van der Waals surface area contributed by atoms with Crippen molar-refractivity contribution in [1.29, 1.82) is 0 Å². The molecule has 1 aliphatic rings. The molecule has 0 saturated carbocycles. The van der Waals surface area contributed by atoms with E-state index in [4.69, 9.17) is 0 Å². The SMILES string of the molecule is CCC1(CC)CC=C(c2ccc(F)cc2)C1. The van der Waals surface area contributed by atoms with Crippen LogP contribution in [0.2, 0.25) is 0 Å². The number of benzene rings is 1. The van der Waals surface area contributed by atoms with E-state index in [-0.39, 0.29) is 5.82 Å². The molecular formula is C15H19F. The number of rotatable bonds is 3. The van der Waals surface area contributed by atoms with Gasteiger partial charge in [0.2, 0.25) is 0 Å². The van der Waals surface area contributed by atoms with Crippen molar-refractivity contribution < 1.29 is 4.39 Å². The van der Waals surface area contributed by atoms with Gasteiger partial charge in [-0.2, -0.15) is 0 Å². The van der Waals surface area contributed by atoms with Crippen LogP contribution in [0, 0.1) is 11.2 Å². The molecule has 2 rings (SSSR count). The van der Waals surface area contributed by atoms with Crippen LogP contribution in [0.15, 0.2) is 30.3 Å². The van der Waals surface area contributed by atoms with Crippen LogP contribution >= 0.6 is 0 Å². The Balaban J connectivity index is 2.17. The standard InChI is InChI=1S/C15H19F/c1-3-15(4-2)10-9-13(11-15)12-5-7-14(16)8-6-12/h5-9H,3-4,10-11H2,1-2H3. The summed E-state index contributed by atoms with van der Waals surface area (Å²) in [6.45, 7) is 4.54. The van der Waals surface area contributed by atoms with Crippen molar-refractivity contribution in [2.75, 3.05) is 0 Å². The van der Waals surface area contributed by atoms with Crippen LogP contribution in [-0.2, 0) is 0 Å². The molecule has 1 aromatic rings. The normalized spacial score (nSPS) is 18.6. The molecule has 0 nitrogen and oxygen atoms in total. The molecule has 0 amide bonds. The highest BCUT2D eigenvalue weighted by Crippen LogP contribution is 2.46. The molecule has 0 fully saturated rings. The molecule has 1 aliphatic carbocycles. The van der Waals surface area contributed by atoms with E-state index in [1.165, 1.54) is 30.4 Å². The van der Waals surface area contributed by atoms with E-state index >= 15 is 0 Å². The van der Waals surface area contributed by atoms with Crippen LogP contribution in [0.1, 0.15) is 45.1 Å². The Morgan fingerprint density at radius 2 is 1.75 bits per heavy atom. The Hall–Kier alpha value is -1.11. The Morgan fingerprint density at radius 3 is 2.25 bits per heavy atom. The zero-order valence-electron chi connectivity index (χ0n) is 10.1. The maximum Gasteiger partial charge on any atom is 0.123 e. The highest BCUT2D eigenvalue weighted by atomic mass is 19.1. The van der Waals surface area contributed by atoms with E-state index in [0.29, 0.717) is 5.41 Å². The van der Waals surface area contributed by atoms with Crippen LogP contribution < -0.4 is 0 Å². The van der Waals surface area contributed by atoms with Gasteiger partial charge in [0.15, 0.2) is 0 Å². The number of hydrogen-bond donors (Lipinski definition) is 0. The minimum absolute atomic E-state index is 0.153. The molecule has 0 unspecified atom stereocenters. The zero-order chi connectivity index (χ0) is 11.6. The summed E-state index contributed by atoms with van der Waals surface area (Å²) in [7, 11) is 0. The van der Waals surface area contributed by atoms with Crippen molar-refractivity contribution in [2.45, 2.75) is 39.5 Å². The zero-order valence-corrected chi connectivity index (χ0v) is 10.1. The number of halogens is 1. The molecule has 16 heavy (non-hydrogen) atoms. The summed E-state index contributed by atoms with van der Waals surface area (Å²) < 4.78 is 12.8. The van der Waals surface area contributed by atoms with E-state index in [9.17, 15) is 4.39 Å². The maximum absolute atomic E-state index is 12.8. The fourth-order valence-electron chi connectivity index (χ4n) is 2.56. The van der Waals surface area contributed by atoms with Crippen LogP contribution in [0.25, 0.3) is 5.57 Å². The molecule has 0 radical (unpaired) electrons. The van der Waals surface area contributed by atoms with Crippen molar-refractivity contribution in [2.24, 2.45) is 5.41 Å². The first-order valence-corrected chi connectivity index (χ1v) is 6.14. The van der Waals surface area contributed by atoms with Crippen molar-refractivity contribution in [1.82, 2.24) is 0 Å². The molecule has 0 N–H and O–H groups in total. The van der Waals surface area contributed by atoms with E-state index in [0.717, 1.165) is 6.42 Å².